The highest BCUT2D eigenvalue weighted by Crippen LogP contribution is 2.29. The molecule has 0 aliphatic heterocycles. The zero-order valence-corrected chi connectivity index (χ0v) is 10.9. The second-order valence-electron chi connectivity index (χ2n) is 4.78. The van der Waals surface area contributed by atoms with Crippen molar-refractivity contribution in [3.8, 4) is 0 Å². The Bertz CT molecular complexity index is 534. The highest BCUT2D eigenvalue weighted by molar-refractivity contribution is 5.26. The largest absolute Gasteiger partial charge is 0.469 e. The zero-order chi connectivity index (χ0) is 14.6. The van der Waals surface area contributed by atoms with E-state index >= 15 is 0 Å². The summed E-state index contributed by atoms with van der Waals surface area (Å²) >= 11 is 0. The molecule has 1 unspecified atom stereocenters. The van der Waals surface area contributed by atoms with Crippen LogP contribution in [0.5, 0.6) is 0 Å². The lowest BCUT2D eigenvalue weighted by Crippen LogP contribution is -2.23. The van der Waals surface area contributed by atoms with E-state index in [4.69, 9.17) is 10.2 Å². The number of furan rings is 1. The summed E-state index contributed by atoms with van der Waals surface area (Å²) in [5, 5.41) is 0. The third kappa shape index (κ3) is 4.13. The Hall–Kier alpha value is -1.75. The molecule has 0 fully saturated rings. The Labute approximate surface area is 115 Å². The number of benzene rings is 1. The molecule has 2 rings (SSSR count). The van der Waals surface area contributed by atoms with Gasteiger partial charge in [-0.25, -0.2) is 0 Å². The van der Waals surface area contributed by atoms with Crippen LogP contribution in [0.2, 0.25) is 0 Å². The number of hydrogen-bond acceptors (Lipinski definition) is 2. The standard InChI is InChI=1S/C15H16F3NO/c16-15(17,18)12-4-1-3-11(9-12)10-13(19)6-7-14-5-2-8-20-14/h1-5,8-9,13H,6-7,10,19H2. The van der Waals surface area contributed by atoms with Crippen molar-refractivity contribution < 1.29 is 17.6 Å². The molecule has 20 heavy (non-hydrogen) atoms. The van der Waals surface area contributed by atoms with Crippen LogP contribution < -0.4 is 5.73 Å². The molecule has 0 saturated heterocycles. The van der Waals surface area contributed by atoms with E-state index in [0.29, 0.717) is 24.8 Å². The van der Waals surface area contributed by atoms with E-state index in [-0.39, 0.29) is 6.04 Å². The lowest BCUT2D eigenvalue weighted by atomic mass is 10.0. The summed E-state index contributed by atoms with van der Waals surface area (Å²) < 4.78 is 43.0. The molecule has 108 valence electrons. The molecule has 0 aliphatic carbocycles. The van der Waals surface area contributed by atoms with Gasteiger partial charge in [0.25, 0.3) is 0 Å². The van der Waals surface area contributed by atoms with Crippen LogP contribution in [-0.2, 0) is 19.0 Å². The van der Waals surface area contributed by atoms with Crippen molar-refractivity contribution in [3.05, 3.63) is 59.5 Å². The minimum absolute atomic E-state index is 0.191. The van der Waals surface area contributed by atoms with Crippen molar-refractivity contribution in [2.45, 2.75) is 31.5 Å². The molecular weight excluding hydrogens is 267 g/mol. The van der Waals surface area contributed by atoms with Crippen LogP contribution in [0.15, 0.2) is 47.1 Å². The van der Waals surface area contributed by atoms with Gasteiger partial charge in [0.05, 0.1) is 11.8 Å². The van der Waals surface area contributed by atoms with E-state index in [1.54, 1.807) is 18.4 Å². The summed E-state index contributed by atoms with van der Waals surface area (Å²) in [6.45, 7) is 0. The summed E-state index contributed by atoms with van der Waals surface area (Å²) in [7, 11) is 0. The van der Waals surface area contributed by atoms with Gasteiger partial charge in [0, 0.05) is 12.5 Å². The van der Waals surface area contributed by atoms with Crippen molar-refractivity contribution in [1.29, 1.82) is 0 Å². The highest BCUT2D eigenvalue weighted by atomic mass is 19.4. The fraction of sp³-hybridized carbons (Fsp3) is 0.333. The van der Waals surface area contributed by atoms with Crippen LogP contribution in [0.3, 0.4) is 0 Å². The second kappa shape index (κ2) is 6.13. The first-order chi connectivity index (χ1) is 9.45. The lowest BCUT2D eigenvalue weighted by molar-refractivity contribution is -0.137. The predicted octanol–water partition coefficient (Wildman–Crippen LogP) is 3.80. The van der Waals surface area contributed by atoms with Crippen LogP contribution in [0, 0.1) is 0 Å². The average molecular weight is 283 g/mol. The molecule has 1 atom stereocenters. The zero-order valence-electron chi connectivity index (χ0n) is 10.9. The highest BCUT2D eigenvalue weighted by Gasteiger charge is 2.30. The normalized spacial score (nSPS) is 13.4. The molecule has 1 heterocycles. The number of nitrogens with two attached hydrogens (primary N) is 1. The van der Waals surface area contributed by atoms with Gasteiger partial charge >= 0.3 is 6.18 Å². The van der Waals surface area contributed by atoms with E-state index in [9.17, 15) is 13.2 Å². The quantitative estimate of drug-likeness (QED) is 0.906. The number of aryl methyl sites for hydroxylation is 1. The first-order valence-electron chi connectivity index (χ1n) is 6.39. The Morgan fingerprint density at radius 1 is 1.15 bits per heavy atom. The summed E-state index contributed by atoms with van der Waals surface area (Å²) in [6, 6.07) is 8.78. The maximum Gasteiger partial charge on any atom is 0.416 e. The molecule has 0 aliphatic rings. The Morgan fingerprint density at radius 2 is 1.95 bits per heavy atom. The van der Waals surface area contributed by atoms with E-state index in [1.807, 2.05) is 6.07 Å². The summed E-state index contributed by atoms with van der Waals surface area (Å²) in [5.41, 5.74) is 5.93. The van der Waals surface area contributed by atoms with E-state index in [0.717, 1.165) is 17.9 Å². The van der Waals surface area contributed by atoms with Gasteiger partial charge in [-0.15, -0.1) is 0 Å². The number of hydrogen-bond donors (Lipinski definition) is 1. The molecule has 0 spiro atoms. The molecule has 1 aromatic carbocycles. The molecule has 2 nitrogen and oxygen atoms in total. The van der Waals surface area contributed by atoms with Crippen LogP contribution in [0.1, 0.15) is 23.3 Å². The van der Waals surface area contributed by atoms with Crippen molar-refractivity contribution in [2.24, 2.45) is 5.73 Å². The third-order valence-electron chi connectivity index (χ3n) is 3.09. The van der Waals surface area contributed by atoms with Gasteiger partial charge in [0.2, 0.25) is 0 Å². The van der Waals surface area contributed by atoms with Crippen LogP contribution in [-0.4, -0.2) is 6.04 Å². The molecule has 2 aromatic rings. The van der Waals surface area contributed by atoms with Crippen molar-refractivity contribution in [2.75, 3.05) is 0 Å². The topological polar surface area (TPSA) is 39.2 Å². The summed E-state index contributed by atoms with van der Waals surface area (Å²) in [5.74, 6) is 0.837. The van der Waals surface area contributed by atoms with Crippen molar-refractivity contribution in [3.63, 3.8) is 0 Å². The second-order valence-corrected chi connectivity index (χ2v) is 4.78. The van der Waals surface area contributed by atoms with Crippen molar-refractivity contribution in [1.82, 2.24) is 0 Å². The van der Waals surface area contributed by atoms with Gasteiger partial charge in [0.1, 0.15) is 5.76 Å². The van der Waals surface area contributed by atoms with Gasteiger partial charge in [-0.1, -0.05) is 18.2 Å². The SMILES string of the molecule is NC(CCc1ccco1)Cc1cccc(C(F)(F)F)c1. The monoisotopic (exact) mass is 283 g/mol. The smallest absolute Gasteiger partial charge is 0.416 e. The minimum atomic E-state index is -4.31. The van der Waals surface area contributed by atoms with Crippen LogP contribution >= 0.6 is 0 Å². The molecule has 0 bridgehead atoms. The Balaban J connectivity index is 1.92. The first kappa shape index (κ1) is 14.7. The first-order valence-corrected chi connectivity index (χ1v) is 6.39. The fourth-order valence-corrected chi connectivity index (χ4v) is 2.06. The van der Waals surface area contributed by atoms with Gasteiger partial charge in [-0.2, -0.15) is 13.2 Å². The van der Waals surface area contributed by atoms with E-state index in [1.165, 1.54) is 6.07 Å². The predicted molar refractivity (Wildman–Crippen MR) is 70.2 cm³/mol. The molecule has 0 radical (unpaired) electrons. The Kier molecular flexibility index (Phi) is 4.49. The molecular formula is C15H16F3NO. The maximum absolute atomic E-state index is 12.6. The van der Waals surface area contributed by atoms with Gasteiger partial charge in [-0.3, -0.25) is 0 Å². The summed E-state index contributed by atoms with van der Waals surface area (Å²) in [6.07, 6.45) is -0.941. The number of alkyl halides is 3. The third-order valence-corrected chi connectivity index (χ3v) is 3.09. The van der Waals surface area contributed by atoms with Gasteiger partial charge in [0.15, 0.2) is 0 Å². The number of rotatable bonds is 5. The number of halogens is 3. The van der Waals surface area contributed by atoms with E-state index < -0.39 is 11.7 Å². The average Bonchev–Trinajstić information content (AvgIpc) is 2.89. The molecule has 0 saturated carbocycles. The van der Waals surface area contributed by atoms with Crippen molar-refractivity contribution >= 4 is 0 Å². The summed E-state index contributed by atoms with van der Waals surface area (Å²) in [4.78, 5) is 0. The molecule has 2 N–H and O–H groups in total. The maximum atomic E-state index is 12.6. The van der Waals surface area contributed by atoms with Crippen LogP contribution in [0.25, 0.3) is 0 Å². The minimum Gasteiger partial charge on any atom is -0.469 e. The molecule has 0 amide bonds. The molecule has 1 aromatic heterocycles. The van der Waals surface area contributed by atoms with Gasteiger partial charge in [-0.05, 0) is 36.6 Å². The fourth-order valence-electron chi connectivity index (χ4n) is 2.06. The van der Waals surface area contributed by atoms with Gasteiger partial charge < -0.3 is 10.2 Å². The van der Waals surface area contributed by atoms with E-state index in [2.05, 4.69) is 0 Å². The molecule has 5 heteroatoms. The Morgan fingerprint density at radius 3 is 2.60 bits per heavy atom. The lowest BCUT2D eigenvalue weighted by Gasteiger charge is -2.13. The van der Waals surface area contributed by atoms with Crippen LogP contribution in [0.4, 0.5) is 13.2 Å².